The molecule has 5 aromatic carbocycles. The van der Waals surface area contributed by atoms with Crippen molar-refractivity contribution in [1.82, 2.24) is 9.97 Å². The largest absolute Gasteiger partial charge is 0.305 e. The Morgan fingerprint density at radius 2 is 1.35 bits per heavy atom. The van der Waals surface area contributed by atoms with E-state index in [2.05, 4.69) is 161 Å². The Labute approximate surface area is 327 Å². The summed E-state index contributed by atoms with van der Waals surface area (Å²) in [6.45, 7) is 13.8. The number of nitrogens with zero attached hydrogens (tertiary/aromatic N) is 2. The second kappa shape index (κ2) is 16.0. The predicted molar refractivity (Wildman–Crippen MR) is 223 cm³/mol. The molecule has 8 aromatic rings. The van der Waals surface area contributed by atoms with Gasteiger partial charge in [0, 0.05) is 37.2 Å². The van der Waals surface area contributed by atoms with Gasteiger partial charge in [0.25, 0.3) is 0 Å². The monoisotopic (exact) mass is 887 g/mol. The van der Waals surface area contributed by atoms with E-state index in [4.69, 9.17) is 4.98 Å². The summed E-state index contributed by atoms with van der Waals surface area (Å²) in [6, 6.07) is 51.4. The van der Waals surface area contributed by atoms with Crippen LogP contribution in [0, 0.1) is 19.1 Å². The maximum atomic E-state index is 4.70. The number of benzene rings is 5. The standard InChI is InChI=1S/C30H20NS.C17H22NSi.Ir/c1-20-10-12-22(13-11-20)23-14-15-25-26-8-5-9-27(30(26)32-29(25)19-23)28-18-24(16-17-31-28)21-6-3-2-4-7-21;1-13(2)15-11-16(14-9-7-6-8-10-14)18-12-17(15)19(3,4)5;/h2-8,10-19H,1H3;6-9,11-13H,1-5H3;/q2*-1;. The summed E-state index contributed by atoms with van der Waals surface area (Å²) >= 11 is 1.83. The quantitative estimate of drug-likeness (QED) is 0.123. The molecule has 0 N–H and O–H groups in total. The molecule has 0 saturated heterocycles. The molecule has 0 amide bonds. The molecule has 2 nitrogen and oxygen atoms in total. The van der Waals surface area contributed by atoms with Crippen LogP contribution in [0.1, 0.15) is 30.9 Å². The van der Waals surface area contributed by atoms with Crippen LogP contribution in [0.25, 0.3) is 64.9 Å². The van der Waals surface area contributed by atoms with Crippen molar-refractivity contribution in [3.05, 3.63) is 163 Å². The van der Waals surface area contributed by atoms with Crippen molar-refractivity contribution in [2.45, 2.75) is 46.3 Å². The first-order chi connectivity index (χ1) is 24.7. The summed E-state index contributed by atoms with van der Waals surface area (Å²) in [5.41, 5.74) is 11.7. The first-order valence-corrected chi connectivity index (χ1v) is 21.9. The zero-order valence-corrected chi connectivity index (χ0v) is 34.7. The summed E-state index contributed by atoms with van der Waals surface area (Å²) in [5, 5.41) is 4.03. The summed E-state index contributed by atoms with van der Waals surface area (Å²) in [5.74, 6) is 0.534. The minimum absolute atomic E-state index is 0. The third-order valence-corrected chi connectivity index (χ3v) is 12.5. The normalized spacial score (nSPS) is 11.3. The van der Waals surface area contributed by atoms with E-state index < -0.39 is 8.07 Å². The van der Waals surface area contributed by atoms with Gasteiger partial charge in [-0.1, -0.05) is 129 Å². The Balaban J connectivity index is 0.000000200. The molecule has 0 fully saturated rings. The Morgan fingerprint density at radius 3 is 2.06 bits per heavy atom. The van der Waals surface area contributed by atoms with Crippen molar-refractivity contribution >= 4 is 44.8 Å². The van der Waals surface area contributed by atoms with Crippen LogP contribution in [0.2, 0.25) is 19.6 Å². The van der Waals surface area contributed by atoms with E-state index in [1.165, 1.54) is 58.7 Å². The molecule has 0 aliphatic carbocycles. The number of thiophene rings is 1. The topological polar surface area (TPSA) is 25.8 Å². The van der Waals surface area contributed by atoms with E-state index in [-0.39, 0.29) is 20.1 Å². The van der Waals surface area contributed by atoms with Crippen LogP contribution in [0.4, 0.5) is 0 Å². The van der Waals surface area contributed by atoms with Crippen molar-refractivity contribution < 1.29 is 20.1 Å². The summed E-state index contributed by atoms with van der Waals surface area (Å²) in [4.78, 5) is 9.37. The summed E-state index contributed by atoms with van der Waals surface area (Å²) in [6.07, 6.45) is 3.99. The van der Waals surface area contributed by atoms with E-state index in [0.717, 1.165) is 22.5 Å². The van der Waals surface area contributed by atoms with Crippen LogP contribution in [0.3, 0.4) is 0 Å². The van der Waals surface area contributed by atoms with Gasteiger partial charge in [0.05, 0.1) is 8.07 Å². The molecule has 8 rings (SSSR count). The van der Waals surface area contributed by atoms with Crippen molar-refractivity contribution in [1.29, 1.82) is 0 Å². The fourth-order valence-electron chi connectivity index (χ4n) is 6.51. The Kier molecular flexibility index (Phi) is 11.5. The molecule has 0 saturated carbocycles. The van der Waals surface area contributed by atoms with Gasteiger partial charge in [0.15, 0.2) is 0 Å². The van der Waals surface area contributed by atoms with Crippen molar-refractivity contribution in [3.63, 3.8) is 0 Å². The van der Waals surface area contributed by atoms with Crippen LogP contribution in [-0.4, -0.2) is 18.0 Å². The number of fused-ring (bicyclic) bond motifs is 3. The Morgan fingerprint density at radius 1 is 0.635 bits per heavy atom. The molecule has 5 heteroatoms. The molecule has 1 radical (unpaired) electrons. The number of aromatic nitrogens is 2. The van der Waals surface area contributed by atoms with Gasteiger partial charge in [-0.2, -0.15) is 11.3 Å². The second-order valence-corrected chi connectivity index (χ2v) is 20.5. The molecule has 0 spiro atoms. The smallest absolute Gasteiger partial charge is 0.0799 e. The Hall–Kier alpha value is -4.51. The molecule has 0 atom stereocenters. The third-order valence-electron chi connectivity index (χ3n) is 9.29. The van der Waals surface area contributed by atoms with Crippen molar-refractivity contribution in [2.24, 2.45) is 0 Å². The third kappa shape index (κ3) is 8.09. The molecule has 0 aliphatic rings. The van der Waals surface area contributed by atoms with Gasteiger partial charge in [-0.3, -0.25) is 0 Å². The molecular formula is C47H42IrN2SSi-2. The molecule has 0 bridgehead atoms. The van der Waals surface area contributed by atoms with Crippen LogP contribution in [-0.2, 0) is 20.1 Å². The van der Waals surface area contributed by atoms with Crippen LogP contribution < -0.4 is 5.19 Å². The van der Waals surface area contributed by atoms with Gasteiger partial charge in [0.1, 0.15) is 0 Å². The van der Waals surface area contributed by atoms with Gasteiger partial charge < -0.3 is 9.97 Å². The minimum atomic E-state index is -1.34. The number of hydrogen-bond acceptors (Lipinski definition) is 3. The van der Waals surface area contributed by atoms with E-state index in [9.17, 15) is 0 Å². The average Bonchev–Trinajstić information content (AvgIpc) is 3.54. The molecule has 0 aliphatic heterocycles. The van der Waals surface area contributed by atoms with Gasteiger partial charge in [-0.25, -0.2) is 0 Å². The first kappa shape index (κ1) is 37.2. The zero-order chi connectivity index (χ0) is 35.5. The van der Waals surface area contributed by atoms with Crippen LogP contribution >= 0.6 is 11.3 Å². The van der Waals surface area contributed by atoms with Crippen molar-refractivity contribution in [3.8, 4) is 44.8 Å². The van der Waals surface area contributed by atoms with E-state index in [0.29, 0.717) is 5.92 Å². The van der Waals surface area contributed by atoms with Crippen LogP contribution in [0.5, 0.6) is 0 Å². The summed E-state index contributed by atoms with van der Waals surface area (Å²) < 4.78 is 2.53. The van der Waals surface area contributed by atoms with Gasteiger partial charge in [-0.15, -0.1) is 59.7 Å². The SMILES string of the molecule is CC(C)c1cc(-c2[c-]cccc2)ncc1[Si](C)(C)C.Cc1ccc(-c2ccc3c(c2)sc2c(-c4cc(-c5ccccc5)ccn4)[c-]ccc23)cc1.[Ir]. The van der Waals surface area contributed by atoms with E-state index in [1.54, 1.807) is 0 Å². The molecule has 0 unspecified atom stereocenters. The molecular weight excluding hydrogens is 845 g/mol. The predicted octanol–water partition coefficient (Wildman–Crippen LogP) is 12.8. The van der Waals surface area contributed by atoms with Crippen LogP contribution in [0.15, 0.2) is 140 Å². The Bertz CT molecular complexity index is 2430. The molecule has 261 valence electrons. The second-order valence-electron chi connectivity index (χ2n) is 14.4. The van der Waals surface area contributed by atoms with E-state index >= 15 is 0 Å². The van der Waals surface area contributed by atoms with Gasteiger partial charge in [0.2, 0.25) is 0 Å². The fourth-order valence-corrected chi connectivity index (χ4v) is 9.44. The number of hydrogen-bond donors (Lipinski definition) is 0. The average molecular weight is 887 g/mol. The zero-order valence-electron chi connectivity index (χ0n) is 30.5. The number of rotatable bonds is 6. The maximum Gasteiger partial charge on any atom is 0.0799 e. The van der Waals surface area contributed by atoms with E-state index in [1.807, 2.05) is 47.9 Å². The minimum Gasteiger partial charge on any atom is -0.305 e. The first-order valence-electron chi connectivity index (χ1n) is 17.6. The molecule has 52 heavy (non-hydrogen) atoms. The molecule has 3 heterocycles. The number of aryl methyl sites for hydroxylation is 1. The summed E-state index contributed by atoms with van der Waals surface area (Å²) in [7, 11) is -1.34. The van der Waals surface area contributed by atoms with Gasteiger partial charge in [-0.05, 0) is 73.9 Å². The molecule has 3 aromatic heterocycles. The van der Waals surface area contributed by atoms with Gasteiger partial charge >= 0.3 is 0 Å². The maximum absolute atomic E-state index is 4.70. The van der Waals surface area contributed by atoms with Crippen molar-refractivity contribution in [2.75, 3.05) is 0 Å². The number of pyridine rings is 2. The fraction of sp³-hybridized carbons (Fsp3) is 0.149.